The van der Waals surface area contributed by atoms with Crippen LogP contribution in [0.25, 0.3) is 0 Å². The molecule has 1 fully saturated rings. The highest BCUT2D eigenvalue weighted by Crippen LogP contribution is 2.47. The first-order valence-corrected chi connectivity index (χ1v) is 8.47. The summed E-state index contributed by atoms with van der Waals surface area (Å²) in [4.78, 5) is 22.8. The van der Waals surface area contributed by atoms with Gasteiger partial charge in [0.2, 0.25) is 0 Å². The lowest BCUT2D eigenvalue weighted by molar-refractivity contribution is -0.145. The zero-order chi connectivity index (χ0) is 18.7. The van der Waals surface area contributed by atoms with Crippen molar-refractivity contribution in [3.63, 3.8) is 0 Å². The summed E-state index contributed by atoms with van der Waals surface area (Å²) >= 11 is 0. The van der Waals surface area contributed by atoms with E-state index >= 15 is 0 Å². The average molecular weight is 355 g/mol. The smallest absolute Gasteiger partial charge is 0.324 e. The second-order valence-corrected chi connectivity index (χ2v) is 6.66. The number of carboxylic acids is 2. The third-order valence-corrected chi connectivity index (χ3v) is 4.92. The fourth-order valence-electron chi connectivity index (χ4n) is 3.26. The molecule has 6 heteroatoms. The van der Waals surface area contributed by atoms with Gasteiger partial charge in [-0.15, -0.1) is 0 Å². The molecule has 0 aromatic heterocycles. The van der Waals surface area contributed by atoms with Crippen molar-refractivity contribution >= 4 is 11.9 Å². The van der Waals surface area contributed by atoms with Gasteiger partial charge in [-0.1, -0.05) is 36.4 Å². The van der Waals surface area contributed by atoms with E-state index in [2.05, 4.69) is 0 Å². The van der Waals surface area contributed by atoms with Crippen LogP contribution in [0.2, 0.25) is 0 Å². The van der Waals surface area contributed by atoms with Crippen LogP contribution in [0.1, 0.15) is 18.4 Å². The average Bonchev–Trinajstić information content (AvgIpc) is 3.43. The van der Waals surface area contributed by atoms with E-state index in [4.69, 9.17) is 15.6 Å². The number of benzene rings is 2. The molecule has 0 aliphatic heterocycles. The normalized spacial score (nSPS) is 20.8. The zero-order valence-electron chi connectivity index (χ0n) is 14.2. The van der Waals surface area contributed by atoms with E-state index in [0.717, 1.165) is 5.56 Å². The van der Waals surface area contributed by atoms with Crippen molar-refractivity contribution in [3.8, 4) is 11.5 Å². The Labute approximate surface area is 151 Å². The third-order valence-electron chi connectivity index (χ3n) is 4.92. The second-order valence-electron chi connectivity index (χ2n) is 6.66. The molecule has 1 saturated carbocycles. The van der Waals surface area contributed by atoms with Gasteiger partial charge in [-0.05, 0) is 43.0 Å². The molecule has 1 unspecified atom stereocenters. The maximum absolute atomic E-state index is 11.7. The van der Waals surface area contributed by atoms with E-state index in [-0.39, 0.29) is 6.42 Å². The lowest BCUT2D eigenvalue weighted by atomic mass is 9.86. The highest BCUT2D eigenvalue weighted by molar-refractivity contribution is 5.83. The van der Waals surface area contributed by atoms with Gasteiger partial charge in [0.05, 0.1) is 5.92 Å². The highest BCUT2D eigenvalue weighted by atomic mass is 16.5. The van der Waals surface area contributed by atoms with Gasteiger partial charge in [0.1, 0.15) is 17.0 Å². The first kappa shape index (κ1) is 17.9. The number of hydrogen-bond donors (Lipinski definition) is 3. The van der Waals surface area contributed by atoms with Crippen LogP contribution in [-0.2, 0) is 16.0 Å². The third kappa shape index (κ3) is 3.70. The SMILES string of the molecule is N[C@@](CCc1ccccc1Oc1ccccc1)(C(=O)O)C1C[C@@H]1C(=O)O. The summed E-state index contributed by atoms with van der Waals surface area (Å²) in [7, 11) is 0. The van der Waals surface area contributed by atoms with Gasteiger partial charge in [0.15, 0.2) is 0 Å². The van der Waals surface area contributed by atoms with E-state index < -0.39 is 29.3 Å². The van der Waals surface area contributed by atoms with Crippen LogP contribution in [0.15, 0.2) is 54.6 Å². The Morgan fingerprint density at radius 3 is 2.35 bits per heavy atom. The number of aliphatic carboxylic acids is 2. The summed E-state index contributed by atoms with van der Waals surface area (Å²) in [5.74, 6) is -2.04. The van der Waals surface area contributed by atoms with Gasteiger partial charge in [-0.2, -0.15) is 0 Å². The minimum absolute atomic E-state index is 0.145. The van der Waals surface area contributed by atoms with Gasteiger partial charge in [-0.3, -0.25) is 9.59 Å². The second kappa shape index (κ2) is 7.17. The van der Waals surface area contributed by atoms with E-state index in [1.807, 2.05) is 54.6 Å². The number of ether oxygens (including phenoxy) is 1. The molecular formula is C20H21NO5. The molecule has 0 bridgehead atoms. The summed E-state index contributed by atoms with van der Waals surface area (Å²) < 4.78 is 5.89. The molecule has 136 valence electrons. The summed E-state index contributed by atoms with van der Waals surface area (Å²) in [5, 5.41) is 18.7. The lowest BCUT2D eigenvalue weighted by Crippen LogP contribution is -2.51. The fraction of sp³-hybridized carbons (Fsp3) is 0.300. The first-order valence-electron chi connectivity index (χ1n) is 8.47. The Balaban J connectivity index is 1.74. The first-order chi connectivity index (χ1) is 12.4. The van der Waals surface area contributed by atoms with E-state index in [9.17, 15) is 14.7 Å². The number of para-hydroxylation sites is 2. The zero-order valence-corrected chi connectivity index (χ0v) is 14.2. The van der Waals surface area contributed by atoms with Crippen molar-refractivity contribution in [1.82, 2.24) is 0 Å². The van der Waals surface area contributed by atoms with Crippen LogP contribution in [0.3, 0.4) is 0 Å². The maximum Gasteiger partial charge on any atom is 0.324 e. The Kier molecular flexibility index (Phi) is 4.95. The molecule has 4 N–H and O–H groups in total. The predicted molar refractivity (Wildman–Crippen MR) is 95.1 cm³/mol. The van der Waals surface area contributed by atoms with Crippen molar-refractivity contribution < 1.29 is 24.5 Å². The van der Waals surface area contributed by atoms with Crippen LogP contribution >= 0.6 is 0 Å². The van der Waals surface area contributed by atoms with E-state index in [1.165, 1.54) is 0 Å². The fourth-order valence-corrected chi connectivity index (χ4v) is 3.26. The standard InChI is InChI=1S/C20H21NO5/c21-20(19(24)25,16-12-15(16)18(22)23)11-10-13-6-4-5-9-17(13)26-14-7-2-1-3-8-14/h1-9,15-16H,10-12,21H2,(H,22,23)(H,24,25)/t15-,16?,20+/m0/s1. The molecule has 0 amide bonds. The number of nitrogens with two attached hydrogens (primary N) is 1. The Bertz CT molecular complexity index is 807. The topological polar surface area (TPSA) is 110 Å². The van der Waals surface area contributed by atoms with Gasteiger partial charge < -0.3 is 20.7 Å². The molecule has 1 aliphatic carbocycles. The minimum atomic E-state index is -1.55. The summed E-state index contributed by atoms with van der Waals surface area (Å²) in [6.45, 7) is 0. The lowest BCUT2D eigenvalue weighted by Gasteiger charge is -2.25. The van der Waals surface area contributed by atoms with Crippen molar-refractivity contribution in [1.29, 1.82) is 0 Å². The summed E-state index contributed by atoms with van der Waals surface area (Å²) in [6, 6.07) is 16.7. The molecule has 2 aromatic rings. The van der Waals surface area contributed by atoms with Crippen LogP contribution < -0.4 is 10.5 Å². The van der Waals surface area contributed by atoms with Gasteiger partial charge in [-0.25, -0.2) is 0 Å². The highest BCUT2D eigenvalue weighted by Gasteiger charge is 2.58. The van der Waals surface area contributed by atoms with Crippen molar-refractivity contribution in [3.05, 3.63) is 60.2 Å². The number of rotatable bonds is 8. The molecular weight excluding hydrogens is 334 g/mol. The predicted octanol–water partition coefficient (Wildman–Crippen LogP) is 2.91. The van der Waals surface area contributed by atoms with Crippen LogP contribution in [0.4, 0.5) is 0 Å². The minimum Gasteiger partial charge on any atom is -0.481 e. The van der Waals surface area contributed by atoms with Gasteiger partial charge in [0, 0.05) is 5.92 Å². The van der Waals surface area contributed by atoms with E-state index in [1.54, 1.807) is 0 Å². The Morgan fingerprint density at radius 2 is 1.73 bits per heavy atom. The Morgan fingerprint density at radius 1 is 1.08 bits per heavy atom. The van der Waals surface area contributed by atoms with Crippen LogP contribution in [0, 0.1) is 11.8 Å². The summed E-state index contributed by atoms with van der Waals surface area (Å²) in [6.07, 6.45) is 0.834. The quantitative estimate of drug-likeness (QED) is 0.671. The largest absolute Gasteiger partial charge is 0.481 e. The molecule has 0 spiro atoms. The van der Waals surface area contributed by atoms with E-state index in [0.29, 0.717) is 24.3 Å². The van der Waals surface area contributed by atoms with Crippen LogP contribution in [0.5, 0.6) is 11.5 Å². The maximum atomic E-state index is 11.7. The molecule has 2 aromatic carbocycles. The molecule has 3 atom stereocenters. The Hall–Kier alpha value is -2.86. The van der Waals surface area contributed by atoms with Gasteiger partial charge >= 0.3 is 11.9 Å². The number of carbonyl (C=O) groups is 2. The summed E-state index contributed by atoms with van der Waals surface area (Å²) in [5.41, 5.74) is 5.40. The molecule has 3 rings (SSSR count). The van der Waals surface area contributed by atoms with Crippen molar-refractivity contribution in [2.45, 2.75) is 24.8 Å². The number of carboxylic acid groups (broad SMARTS) is 2. The molecule has 26 heavy (non-hydrogen) atoms. The molecule has 0 radical (unpaired) electrons. The number of hydrogen-bond acceptors (Lipinski definition) is 4. The van der Waals surface area contributed by atoms with Crippen molar-refractivity contribution in [2.75, 3.05) is 0 Å². The number of aryl methyl sites for hydroxylation is 1. The molecule has 6 nitrogen and oxygen atoms in total. The molecule has 1 aliphatic rings. The molecule has 0 saturated heterocycles. The van der Waals surface area contributed by atoms with Gasteiger partial charge in [0.25, 0.3) is 0 Å². The molecule has 0 heterocycles. The van der Waals surface area contributed by atoms with Crippen molar-refractivity contribution in [2.24, 2.45) is 17.6 Å². The monoisotopic (exact) mass is 355 g/mol. The van der Waals surface area contributed by atoms with Crippen LogP contribution in [-0.4, -0.2) is 27.7 Å².